The molecule has 3 aromatic rings. The van der Waals surface area contributed by atoms with Crippen LogP contribution < -0.4 is 10.6 Å². The number of carbonyl (C=O) groups is 1. The largest absolute Gasteiger partial charge is 0.302 e. The summed E-state index contributed by atoms with van der Waals surface area (Å²) in [4.78, 5) is 14.5. The van der Waals surface area contributed by atoms with Crippen LogP contribution >= 0.6 is 12.2 Å². The lowest BCUT2D eigenvalue weighted by atomic mass is 9.90. The molecule has 8 heteroatoms. The number of hydrogen-bond acceptors (Lipinski definition) is 5. The molecule has 0 saturated heterocycles. The summed E-state index contributed by atoms with van der Waals surface area (Å²) in [5.74, 6) is -0.0654. The van der Waals surface area contributed by atoms with Crippen molar-refractivity contribution in [3.8, 4) is 0 Å². The molecular weight excluding hydrogens is 372 g/mol. The van der Waals surface area contributed by atoms with E-state index in [2.05, 4.69) is 39.9 Å². The Balaban J connectivity index is 1.71. The van der Waals surface area contributed by atoms with Gasteiger partial charge in [0.15, 0.2) is 5.11 Å². The van der Waals surface area contributed by atoms with Crippen LogP contribution in [0.1, 0.15) is 30.9 Å². The lowest BCUT2D eigenvalue weighted by Gasteiger charge is -2.18. The second-order valence-corrected chi connectivity index (χ2v) is 7.17. The normalized spacial score (nSPS) is 10.9. The van der Waals surface area contributed by atoms with Crippen LogP contribution in [-0.2, 0) is 11.3 Å². The molecule has 0 radical (unpaired) electrons. The third-order valence-corrected chi connectivity index (χ3v) is 4.18. The molecule has 3 rings (SSSR count). The van der Waals surface area contributed by atoms with Gasteiger partial charge in [-0.1, -0.05) is 79.6 Å². The lowest BCUT2D eigenvalue weighted by Crippen LogP contribution is -2.38. The number of nitrogens with zero attached hydrogens (tertiary/aromatic N) is 4. The molecule has 1 amide bonds. The molecule has 0 fully saturated rings. The quantitative estimate of drug-likeness (QED) is 0.625. The average molecular weight is 395 g/mol. The van der Waals surface area contributed by atoms with E-state index in [1.807, 2.05) is 60.7 Å². The van der Waals surface area contributed by atoms with Crippen LogP contribution in [-0.4, -0.2) is 31.2 Å². The standard InChI is InChI=1S/C20H22N6OS/c1-14(2)13-26-24-19(23-25-26)22-20(28)21-18(27)17(15-9-5-3-6-10-15)16-11-7-4-8-12-16/h3-12,14,17H,13H2,1-2H3,(H2,21,22,24,27,28). The number of anilines is 1. The maximum absolute atomic E-state index is 13.0. The molecule has 0 aliphatic carbocycles. The van der Waals surface area contributed by atoms with Crippen molar-refractivity contribution in [1.29, 1.82) is 0 Å². The molecule has 1 aromatic heterocycles. The second kappa shape index (κ2) is 9.18. The molecular formula is C20H22N6OS. The van der Waals surface area contributed by atoms with Gasteiger partial charge >= 0.3 is 0 Å². The molecule has 2 N–H and O–H groups in total. The van der Waals surface area contributed by atoms with Crippen molar-refractivity contribution >= 4 is 29.2 Å². The zero-order valence-corrected chi connectivity index (χ0v) is 16.6. The fraction of sp³-hybridized carbons (Fsp3) is 0.250. The van der Waals surface area contributed by atoms with E-state index >= 15 is 0 Å². The minimum Gasteiger partial charge on any atom is -0.302 e. The van der Waals surface area contributed by atoms with Gasteiger partial charge in [0.2, 0.25) is 5.91 Å². The molecule has 0 atom stereocenters. The zero-order chi connectivity index (χ0) is 19.9. The second-order valence-electron chi connectivity index (χ2n) is 6.76. The number of thiocarbonyl (C=S) groups is 1. The van der Waals surface area contributed by atoms with Gasteiger partial charge in [-0.2, -0.15) is 4.80 Å². The van der Waals surface area contributed by atoms with Crippen LogP contribution in [0.4, 0.5) is 5.95 Å². The molecule has 1 heterocycles. The van der Waals surface area contributed by atoms with Crippen molar-refractivity contribution in [1.82, 2.24) is 25.5 Å². The average Bonchev–Trinajstić information content (AvgIpc) is 3.09. The van der Waals surface area contributed by atoms with Crippen molar-refractivity contribution in [2.75, 3.05) is 5.32 Å². The van der Waals surface area contributed by atoms with Gasteiger partial charge in [-0.3, -0.25) is 10.1 Å². The van der Waals surface area contributed by atoms with Gasteiger partial charge in [-0.15, -0.1) is 5.10 Å². The van der Waals surface area contributed by atoms with Crippen molar-refractivity contribution in [3.63, 3.8) is 0 Å². The Kier molecular flexibility index (Phi) is 6.44. The highest BCUT2D eigenvalue weighted by Gasteiger charge is 2.23. The maximum Gasteiger partial charge on any atom is 0.269 e. The highest BCUT2D eigenvalue weighted by Crippen LogP contribution is 2.24. The minimum atomic E-state index is -0.480. The van der Waals surface area contributed by atoms with Gasteiger partial charge in [0.05, 0.1) is 12.5 Å². The van der Waals surface area contributed by atoms with E-state index in [0.29, 0.717) is 12.5 Å². The van der Waals surface area contributed by atoms with Crippen LogP contribution in [0.2, 0.25) is 0 Å². The molecule has 0 saturated carbocycles. The van der Waals surface area contributed by atoms with Gasteiger partial charge in [0.25, 0.3) is 5.95 Å². The molecule has 0 spiro atoms. The number of amides is 1. The Bertz CT molecular complexity index is 887. The van der Waals surface area contributed by atoms with E-state index < -0.39 is 5.92 Å². The third-order valence-electron chi connectivity index (χ3n) is 3.97. The van der Waals surface area contributed by atoms with Gasteiger partial charge in [0.1, 0.15) is 0 Å². The molecule has 0 aliphatic heterocycles. The number of rotatable bonds is 6. The lowest BCUT2D eigenvalue weighted by molar-refractivity contribution is -0.120. The van der Waals surface area contributed by atoms with E-state index in [1.54, 1.807) is 0 Å². The summed E-state index contributed by atoms with van der Waals surface area (Å²) in [7, 11) is 0. The van der Waals surface area contributed by atoms with Crippen molar-refractivity contribution < 1.29 is 4.79 Å². The van der Waals surface area contributed by atoms with E-state index in [0.717, 1.165) is 11.1 Å². The van der Waals surface area contributed by atoms with E-state index in [9.17, 15) is 4.79 Å². The number of benzene rings is 2. The first-order chi connectivity index (χ1) is 13.5. The van der Waals surface area contributed by atoms with Gasteiger partial charge in [-0.05, 0) is 34.5 Å². The summed E-state index contributed by atoms with van der Waals surface area (Å²) in [5, 5.41) is 17.8. The molecule has 0 bridgehead atoms. The van der Waals surface area contributed by atoms with Crippen molar-refractivity contribution in [3.05, 3.63) is 71.8 Å². The molecule has 7 nitrogen and oxygen atoms in total. The maximum atomic E-state index is 13.0. The summed E-state index contributed by atoms with van der Waals surface area (Å²) < 4.78 is 0. The summed E-state index contributed by atoms with van der Waals surface area (Å²) in [6, 6.07) is 19.2. The molecule has 0 aliphatic rings. The van der Waals surface area contributed by atoms with Crippen LogP contribution in [0.3, 0.4) is 0 Å². The Morgan fingerprint density at radius 3 is 2.14 bits per heavy atom. The highest BCUT2D eigenvalue weighted by molar-refractivity contribution is 7.80. The first-order valence-corrected chi connectivity index (χ1v) is 9.43. The predicted octanol–water partition coefficient (Wildman–Crippen LogP) is 2.97. The summed E-state index contributed by atoms with van der Waals surface area (Å²) in [6.45, 7) is 4.78. The molecule has 2 aromatic carbocycles. The number of nitrogens with one attached hydrogen (secondary N) is 2. The summed E-state index contributed by atoms with van der Waals surface area (Å²) in [6.07, 6.45) is 0. The smallest absolute Gasteiger partial charge is 0.269 e. The van der Waals surface area contributed by atoms with Crippen molar-refractivity contribution in [2.24, 2.45) is 5.92 Å². The van der Waals surface area contributed by atoms with Crippen LogP contribution in [0.5, 0.6) is 0 Å². The summed E-state index contributed by atoms with van der Waals surface area (Å²) in [5.41, 5.74) is 1.77. The predicted molar refractivity (Wildman–Crippen MR) is 112 cm³/mol. The molecule has 28 heavy (non-hydrogen) atoms. The number of carbonyl (C=O) groups excluding carboxylic acids is 1. The minimum absolute atomic E-state index is 0.131. The van der Waals surface area contributed by atoms with Gasteiger partial charge in [-0.25, -0.2) is 0 Å². The Morgan fingerprint density at radius 2 is 1.61 bits per heavy atom. The fourth-order valence-electron chi connectivity index (χ4n) is 2.80. The topological polar surface area (TPSA) is 84.7 Å². The van der Waals surface area contributed by atoms with Gasteiger partial charge in [0, 0.05) is 0 Å². The first-order valence-electron chi connectivity index (χ1n) is 9.02. The first kappa shape index (κ1) is 19.6. The number of aromatic nitrogens is 4. The zero-order valence-electron chi connectivity index (χ0n) is 15.7. The molecule has 144 valence electrons. The van der Waals surface area contributed by atoms with E-state index in [-0.39, 0.29) is 17.0 Å². The van der Waals surface area contributed by atoms with Crippen molar-refractivity contribution in [2.45, 2.75) is 26.3 Å². The third kappa shape index (κ3) is 5.20. The number of hydrogen-bond donors (Lipinski definition) is 2. The Morgan fingerprint density at radius 1 is 1.04 bits per heavy atom. The summed E-state index contributed by atoms with van der Waals surface area (Å²) >= 11 is 5.27. The Hall–Kier alpha value is -3.13. The monoisotopic (exact) mass is 394 g/mol. The van der Waals surface area contributed by atoms with Crippen LogP contribution in [0.15, 0.2) is 60.7 Å². The Labute approximate surface area is 169 Å². The van der Waals surface area contributed by atoms with Crippen LogP contribution in [0, 0.1) is 5.92 Å². The SMILES string of the molecule is CC(C)Cn1nnc(NC(=S)NC(=O)C(c2ccccc2)c2ccccc2)n1. The van der Waals surface area contributed by atoms with Crippen LogP contribution in [0.25, 0.3) is 0 Å². The van der Waals surface area contributed by atoms with Gasteiger partial charge < -0.3 is 5.32 Å². The highest BCUT2D eigenvalue weighted by atomic mass is 32.1. The van der Waals surface area contributed by atoms with E-state index in [4.69, 9.17) is 12.2 Å². The number of tetrazole rings is 1. The fourth-order valence-corrected chi connectivity index (χ4v) is 2.99. The molecule has 0 unspecified atom stereocenters. The van der Waals surface area contributed by atoms with E-state index in [1.165, 1.54) is 4.80 Å².